The number of cyclic esters (lactones) is 1. The van der Waals surface area contributed by atoms with Crippen molar-refractivity contribution in [3.8, 4) is 5.75 Å². The van der Waals surface area contributed by atoms with Crippen LogP contribution in [0.1, 0.15) is 53.9 Å². The highest BCUT2D eigenvalue weighted by Gasteiger charge is 2.34. The van der Waals surface area contributed by atoms with Gasteiger partial charge in [0.1, 0.15) is 17.5 Å². The summed E-state index contributed by atoms with van der Waals surface area (Å²) >= 11 is 0. The number of rotatable bonds is 4. The Morgan fingerprint density at radius 1 is 1.06 bits per heavy atom. The van der Waals surface area contributed by atoms with Gasteiger partial charge in [-0.15, -0.1) is 13.2 Å². The molecule has 1 amide bonds. The normalized spacial score (nSPS) is 18.1. The Bertz CT molecular complexity index is 1150. The van der Waals surface area contributed by atoms with Crippen LogP contribution in [0.5, 0.6) is 5.75 Å². The van der Waals surface area contributed by atoms with Crippen LogP contribution in [0.25, 0.3) is 0 Å². The standard InChI is InChI=1S/C26H29F3N2O5/c1-16-13-19(35-26(27,28)29)7-5-17(16)14-22-20-8-6-18(15-21(20)23(32)34-22)30-9-11-31(12-10-30)24(33)36-25(2,3)4/h5-8,13,15,22H,9-12,14H2,1-4H3. The van der Waals surface area contributed by atoms with E-state index in [-0.39, 0.29) is 11.8 Å². The number of esters is 1. The molecule has 10 heteroatoms. The monoisotopic (exact) mass is 506 g/mol. The van der Waals surface area contributed by atoms with Crippen LogP contribution in [0.4, 0.5) is 23.7 Å². The van der Waals surface area contributed by atoms with E-state index in [1.165, 1.54) is 12.1 Å². The van der Waals surface area contributed by atoms with E-state index in [9.17, 15) is 22.8 Å². The molecule has 1 fully saturated rings. The van der Waals surface area contributed by atoms with Gasteiger partial charge in [0, 0.05) is 43.9 Å². The van der Waals surface area contributed by atoms with Crippen molar-refractivity contribution in [1.29, 1.82) is 0 Å². The van der Waals surface area contributed by atoms with Crippen molar-refractivity contribution in [1.82, 2.24) is 4.90 Å². The van der Waals surface area contributed by atoms with E-state index in [0.29, 0.717) is 43.7 Å². The first-order chi connectivity index (χ1) is 16.8. The van der Waals surface area contributed by atoms with Gasteiger partial charge in [-0.05, 0) is 63.1 Å². The van der Waals surface area contributed by atoms with E-state index in [1.807, 2.05) is 32.9 Å². The molecular weight excluding hydrogens is 477 g/mol. The van der Waals surface area contributed by atoms with Gasteiger partial charge in [-0.25, -0.2) is 9.59 Å². The van der Waals surface area contributed by atoms with E-state index in [0.717, 1.165) is 16.8 Å². The van der Waals surface area contributed by atoms with Crippen LogP contribution < -0.4 is 9.64 Å². The zero-order valence-electron chi connectivity index (χ0n) is 20.6. The lowest BCUT2D eigenvalue weighted by Crippen LogP contribution is -2.50. The van der Waals surface area contributed by atoms with Gasteiger partial charge in [0.15, 0.2) is 0 Å². The van der Waals surface area contributed by atoms with Crippen molar-refractivity contribution in [3.63, 3.8) is 0 Å². The second kappa shape index (κ2) is 9.55. The van der Waals surface area contributed by atoms with E-state index in [2.05, 4.69) is 9.64 Å². The molecule has 0 aliphatic carbocycles. The Morgan fingerprint density at radius 3 is 2.36 bits per heavy atom. The van der Waals surface area contributed by atoms with Gasteiger partial charge in [0.2, 0.25) is 0 Å². The fourth-order valence-corrected chi connectivity index (χ4v) is 4.37. The fourth-order valence-electron chi connectivity index (χ4n) is 4.37. The number of benzene rings is 2. The van der Waals surface area contributed by atoms with Gasteiger partial charge >= 0.3 is 18.4 Å². The Hall–Kier alpha value is -3.43. The van der Waals surface area contributed by atoms with Crippen molar-refractivity contribution in [3.05, 3.63) is 58.7 Å². The summed E-state index contributed by atoms with van der Waals surface area (Å²) in [4.78, 5) is 28.7. The number of amides is 1. The molecule has 0 spiro atoms. The quantitative estimate of drug-likeness (QED) is 0.517. The van der Waals surface area contributed by atoms with Crippen LogP contribution in [-0.4, -0.2) is 55.1 Å². The number of nitrogens with zero attached hydrogens (tertiary/aromatic N) is 2. The fraction of sp³-hybridized carbons (Fsp3) is 0.462. The average molecular weight is 507 g/mol. The molecule has 36 heavy (non-hydrogen) atoms. The molecule has 7 nitrogen and oxygen atoms in total. The lowest BCUT2D eigenvalue weighted by molar-refractivity contribution is -0.274. The molecule has 0 radical (unpaired) electrons. The number of hydrogen-bond acceptors (Lipinski definition) is 6. The zero-order valence-corrected chi connectivity index (χ0v) is 20.6. The molecule has 2 aromatic carbocycles. The highest BCUT2D eigenvalue weighted by atomic mass is 19.4. The summed E-state index contributed by atoms with van der Waals surface area (Å²) in [5.74, 6) is -0.720. The Labute approximate surface area is 207 Å². The highest BCUT2D eigenvalue weighted by molar-refractivity contribution is 5.95. The summed E-state index contributed by atoms with van der Waals surface area (Å²) in [5, 5.41) is 0. The number of ether oxygens (including phenoxy) is 3. The number of halogens is 3. The van der Waals surface area contributed by atoms with Gasteiger partial charge in [0.25, 0.3) is 0 Å². The Kier molecular flexibility index (Phi) is 6.81. The summed E-state index contributed by atoms with van der Waals surface area (Å²) in [5.41, 5.74) is 2.90. The molecule has 194 valence electrons. The SMILES string of the molecule is Cc1cc(OC(F)(F)F)ccc1CC1OC(=O)c2cc(N3CCN(C(=O)OC(C)(C)C)CC3)ccc21. The molecule has 1 atom stereocenters. The van der Waals surface area contributed by atoms with Crippen LogP contribution in [0.15, 0.2) is 36.4 Å². The molecule has 2 aliphatic heterocycles. The third-order valence-electron chi connectivity index (χ3n) is 6.10. The van der Waals surface area contributed by atoms with E-state index in [1.54, 1.807) is 24.0 Å². The van der Waals surface area contributed by atoms with Crippen LogP contribution in [0.3, 0.4) is 0 Å². The maximum atomic E-state index is 12.6. The molecule has 1 saturated heterocycles. The first kappa shape index (κ1) is 25.7. The number of anilines is 1. The maximum absolute atomic E-state index is 12.6. The van der Waals surface area contributed by atoms with Crippen LogP contribution in [0, 0.1) is 6.92 Å². The smallest absolute Gasteiger partial charge is 0.454 e. The first-order valence-corrected chi connectivity index (χ1v) is 11.7. The van der Waals surface area contributed by atoms with Crippen molar-refractivity contribution in [2.75, 3.05) is 31.1 Å². The molecule has 2 aliphatic rings. The lowest BCUT2D eigenvalue weighted by Gasteiger charge is -2.36. The second-order valence-corrected chi connectivity index (χ2v) is 9.96. The van der Waals surface area contributed by atoms with E-state index >= 15 is 0 Å². The van der Waals surface area contributed by atoms with Gasteiger partial charge in [-0.2, -0.15) is 0 Å². The molecule has 1 unspecified atom stereocenters. The van der Waals surface area contributed by atoms with Crippen molar-refractivity contribution in [2.45, 2.75) is 52.2 Å². The Morgan fingerprint density at radius 2 is 1.75 bits per heavy atom. The molecular formula is C26H29F3N2O5. The van der Waals surface area contributed by atoms with Crippen molar-refractivity contribution >= 4 is 17.7 Å². The molecule has 0 saturated carbocycles. The minimum atomic E-state index is -4.76. The summed E-state index contributed by atoms with van der Waals surface area (Å²) in [6, 6.07) is 9.71. The minimum absolute atomic E-state index is 0.288. The number of carbonyl (C=O) groups excluding carboxylic acids is 2. The maximum Gasteiger partial charge on any atom is 0.573 e. The largest absolute Gasteiger partial charge is 0.573 e. The van der Waals surface area contributed by atoms with E-state index < -0.39 is 24.0 Å². The van der Waals surface area contributed by atoms with Gasteiger partial charge in [-0.1, -0.05) is 12.1 Å². The molecule has 0 bridgehead atoms. The number of aryl methyl sites for hydroxylation is 1. The summed E-state index contributed by atoms with van der Waals surface area (Å²) < 4.78 is 52.5. The summed E-state index contributed by atoms with van der Waals surface area (Å²) in [6.45, 7) is 9.39. The third kappa shape index (κ3) is 6.03. The number of fused-ring (bicyclic) bond motifs is 1. The van der Waals surface area contributed by atoms with Gasteiger partial charge in [0.05, 0.1) is 5.56 Å². The highest BCUT2D eigenvalue weighted by Crippen LogP contribution is 2.37. The predicted octanol–water partition coefficient (Wildman–Crippen LogP) is 5.40. The van der Waals surface area contributed by atoms with Crippen molar-refractivity contribution in [2.24, 2.45) is 0 Å². The second-order valence-electron chi connectivity index (χ2n) is 9.96. The van der Waals surface area contributed by atoms with Crippen LogP contribution in [-0.2, 0) is 15.9 Å². The van der Waals surface area contributed by atoms with Crippen molar-refractivity contribution < 1.29 is 37.0 Å². The minimum Gasteiger partial charge on any atom is -0.454 e. The first-order valence-electron chi connectivity index (χ1n) is 11.7. The molecule has 0 N–H and O–H groups in total. The number of hydrogen-bond donors (Lipinski definition) is 0. The predicted molar refractivity (Wildman–Crippen MR) is 126 cm³/mol. The van der Waals surface area contributed by atoms with Crippen LogP contribution >= 0.6 is 0 Å². The molecule has 4 rings (SSSR count). The molecule has 0 aromatic heterocycles. The third-order valence-corrected chi connectivity index (χ3v) is 6.10. The van der Waals surface area contributed by atoms with Gasteiger partial charge < -0.3 is 24.0 Å². The van der Waals surface area contributed by atoms with E-state index in [4.69, 9.17) is 9.47 Å². The summed E-state index contributed by atoms with van der Waals surface area (Å²) in [6.07, 6.45) is -5.28. The number of carbonyl (C=O) groups is 2. The lowest BCUT2D eigenvalue weighted by atomic mass is 9.96. The van der Waals surface area contributed by atoms with Gasteiger partial charge in [-0.3, -0.25) is 0 Å². The molecule has 2 heterocycles. The zero-order chi connectivity index (χ0) is 26.3. The topological polar surface area (TPSA) is 68.3 Å². The summed E-state index contributed by atoms with van der Waals surface area (Å²) in [7, 11) is 0. The molecule has 2 aromatic rings. The average Bonchev–Trinajstić information content (AvgIpc) is 3.08. The number of piperazine rings is 1. The van der Waals surface area contributed by atoms with Crippen LogP contribution in [0.2, 0.25) is 0 Å². The number of alkyl halides is 3. The Balaban J connectivity index is 1.42.